The van der Waals surface area contributed by atoms with Crippen molar-refractivity contribution in [3.8, 4) is 0 Å². The number of carbonyl (C=O) groups excluding carboxylic acids is 1. The van der Waals surface area contributed by atoms with Crippen LogP contribution in [-0.4, -0.2) is 47.3 Å². The highest BCUT2D eigenvalue weighted by molar-refractivity contribution is 5.92. The van der Waals surface area contributed by atoms with Crippen LogP contribution in [0.5, 0.6) is 0 Å². The Bertz CT molecular complexity index is 427. The van der Waals surface area contributed by atoms with Crippen LogP contribution in [0.1, 0.15) is 36.2 Å². The second-order valence-corrected chi connectivity index (χ2v) is 5.73. The number of amides is 1. The van der Waals surface area contributed by atoms with Gasteiger partial charge in [0.25, 0.3) is 5.91 Å². The first-order valence-electron chi connectivity index (χ1n) is 7.01. The quantitative estimate of drug-likeness (QED) is 0.891. The smallest absolute Gasteiger partial charge is 0.269 e. The molecule has 0 unspecified atom stereocenters. The van der Waals surface area contributed by atoms with Crippen LogP contribution in [0.2, 0.25) is 0 Å². The molecule has 106 valence electrons. The average Bonchev–Trinajstić information content (AvgIpc) is 2.77. The number of nitrogens with zero attached hydrogens (tertiary/aromatic N) is 3. The Morgan fingerprint density at radius 3 is 2.84 bits per heavy atom. The van der Waals surface area contributed by atoms with Crippen molar-refractivity contribution in [2.24, 2.45) is 13.0 Å². The Morgan fingerprint density at radius 1 is 1.47 bits per heavy atom. The molecule has 1 aliphatic rings. The summed E-state index contributed by atoms with van der Waals surface area (Å²) in [6.45, 7) is 1.04. The summed E-state index contributed by atoms with van der Waals surface area (Å²) in [6, 6.07) is 2.05. The Labute approximate surface area is 115 Å². The fourth-order valence-electron chi connectivity index (χ4n) is 2.92. The lowest BCUT2D eigenvalue weighted by molar-refractivity contribution is 0.0886. The van der Waals surface area contributed by atoms with Crippen molar-refractivity contribution in [1.82, 2.24) is 20.0 Å². The number of hydrogen-bond acceptors (Lipinski definition) is 3. The molecular weight excluding hydrogens is 240 g/mol. The molecule has 1 aromatic rings. The van der Waals surface area contributed by atoms with Gasteiger partial charge in [0.1, 0.15) is 5.69 Å². The Hall–Kier alpha value is -1.36. The van der Waals surface area contributed by atoms with Crippen LogP contribution >= 0.6 is 0 Å². The molecule has 0 bridgehead atoms. The highest BCUT2D eigenvalue weighted by Crippen LogP contribution is 2.25. The minimum atomic E-state index is -0.00402. The van der Waals surface area contributed by atoms with Gasteiger partial charge in [0.05, 0.1) is 0 Å². The lowest BCUT2D eigenvalue weighted by Gasteiger charge is -2.33. The fourth-order valence-corrected chi connectivity index (χ4v) is 2.92. The van der Waals surface area contributed by atoms with Crippen LogP contribution in [0.4, 0.5) is 0 Å². The Morgan fingerprint density at radius 2 is 2.21 bits per heavy atom. The van der Waals surface area contributed by atoms with E-state index in [0.717, 1.165) is 13.0 Å². The van der Waals surface area contributed by atoms with Crippen LogP contribution in [0.3, 0.4) is 0 Å². The first-order valence-corrected chi connectivity index (χ1v) is 7.01. The molecule has 5 nitrogen and oxygen atoms in total. The second kappa shape index (κ2) is 6.19. The minimum Gasteiger partial charge on any atom is -0.348 e. The number of hydrogen-bond donors (Lipinski definition) is 1. The van der Waals surface area contributed by atoms with Gasteiger partial charge in [-0.15, -0.1) is 0 Å². The normalized spacial score (nSPS) is 23.6. The third-order valence-electron chi connectivity index (χ3n) is 3.88. The van der Waals surface area contributed by atoms with Gasteiger partial charge in [-0.1, -0.05) is 12.8 Å². The number of carbonyl (C=O) groups is 1. The van der Waals surface area contributed by atoms with Crippen molar-refractivity contribution in [1.29, 1.82) is 0 Å². The summed E-state index contributed by atoms with van der Waals surface area (Å²) >= 11 is 0. The van der Waals surface area contributed by atoms with Crippen LogP contribution in [0, 0.1) is 5.92 Å². The number of nitrogens with one attached hydrogen (secondary N) is 1. The zero-order valence-corrected chi connectivity index (χ0v) is 12.1. The monoisotopic (exact) mass is 264 g/mol. The predicted molar refractivity (Wildman–Crippen MR) is 75.0 cm³/mol. The third kappa shape index (κ3) is 3.56. The Balaban J connectivity index is 1.99. The van der Waals surface area contributed by atoms with Gasteiger partial charge < -0.3 is 10.2 Å². The van der Waals surface area contributed by atoms with Crippen molar-refractivity contribution in [2.75, 3.05) is 20.6 Å². The lowest BCUT2D eigenvalue weighted by Crippen LogP contribution is -2.45. The molecule has 1 aliphatic carbocycles. The van der Waals surface area contributed by atoms with Crippen LogP contribution in [0.25, 0.3) is 0 Å². The maximum absolute atomic E-state index is 12.2. The van der Waals surface area contributed by atoms with Gasteiger partial charge in [0, 0.05) is 25.8 Å². The van der Waals surface area contributed by atoms with Gasteiger partial charge in [-0.3, -0.25) is 9.48 Å². The zero-order valence-electron chi connectivity index (χ0n) is 12.1. The fraction of sp³-hybridized carbons (Fsp3) is 0.714. The highest BCUT2D eigenvalue weighted by Gasteiger charge is 2.27. The summed E-state index contributed by atoms with van der Waals surface area (Å²) < 4.78 is 1.62. The third-order valence-corrected chi connectivity index (χ3v) is 3.88. The topological polar surface area (TPSA) is 50.2 Å². The summed E-state index contributed by atoms with van der Waals surface area (Å²) in [7, 11) is 5.98. The Kier molecular flexibility index (Phi) is 4.58. The standard InChI is InChI=1S/C14H24N4O/c1-17(2)10-11-6-4-5-7-12(11)16-14(19)13-8-9-15-18(13)3/h8-9,11-12H,4-7,10H2,1-3H3,(H,16,19)/t11-,12-/m0/s1. The van der Waals surface area contributed by atoms with Gasteiger partial charge in [0.15, 0.2) is 0 Å². The molecule has 0 aliphatic heterocycles. The summed E-state index contributed by atoms with van der Waals surface area (Å²) in [4.78, 5) is 14.4. The van der Waals surface area contributed by atoms with Gasteiger partial charge in [0.2, 0.25) is 0 Å². The largest absolute Gasteiger partial charge is 0.348 e. The number of rotatable bonds is 4. The number of aryl methyl sites for hydroxylation is 1. The molecule has 0 aromatic carbocycles. The molecular formula is C14H24N4O. The van der Waals surface area contributed by atoms with Crippen LogP contribution in [0.15, 0.2) is 12.3 Å². The SMILES string of the molecule is CN(C)C[C@@H]1CCCC[C@@H]1NC(=O)c1ccnn1C. The van der Waals surface area contributed by atoms with Crippen LogP contribution < -0.4 is 5.32 Å². The van der Waals surface area contributed by atoms with E-state index in [2.05, 4.69) is 29.4 Å². The lowest BCUT2D eigenvalue weighted by atomic mass is 9.84. The maximum atomic E-state index is 12.2. The van der Waals surface area contributed by atoms with E-state index in [9.17, 15) is 4.79 Å². The molecule has 1 fully saturated rings. The summed E-state index contributed by atoms with van der Waals surface area (Å²) in [6.07, 6.45) is 6.43. The highest BCUT2D eigenvalue weighted by atomic mass is 16.2. The van der Waals surface area contributed by atoms with Crippen molar-refractivity contribution in [3.05, 3.63) is 18.0 Å². The van der Waals surface area contributed by atoms with E-state index in [1.54, 1.807) is 24.0 Å². The van der Waals surface area contributed by atoms with E-state index < -0.39 is 0 Å². The van der Waals surface area contributed by atoms with Crippen molar-refractivity contribution in [3.63, 3.8) is 0 Å². The van der Waals surface area contributed by atoms with Crippen molar-refractivity contribution >= 4 is 5.91 Å². The minimum absolute atomic E-state index is 0.00402. The van der Waals surface area contributed by atoms with E-state index in [-0.39, 0.29) is 5.91 Å². The predicted octanol–water partition coefficient (Wildman–Crippen LogP) is 1.27. The van der Waals surface area contributed by atoms with E-state index >= 15 is 0 Å². The second-order valence-electron chi connectivity index (χ2n) is 5.73. The molecule has 1 heterocycles. The van der Waals surface area contributed by atoms with Crippen LogP contribution in [-0.2, 0) is 7.05 Å². The van der Waals surface area contributed by atoms with E-state index in [1.165, 1.54) is 19.3 Å². The molecule has 19 heavy (non-hydrogen) atoms. The zero-order chi connectivity index (χ0) is 13.8. The molecule has 1 N–H and O–H groups in total. The summed E-state index contributed by atoms with van der Waals surface area (Å²) in [5.41, 5.74) is 0.633. The van der Waals surface area contributed by atoms with Gasteiger partial charge in [-0.25, -0.2) is 0 Å². The molecule has 2 atom stereocenters. The van der Waals surface area contributed by atoms with Gasteiger partial charge in [-0.2, -0.15) is 5.10 Å². The van der Waals surface area contributed by atoms with E-state index in [0.29, 0.717) is 17.7 Å². The van der Waals surface area contributed by atoms with E-state index in [1.807, 2.05) is 0 Å². The summed E-state index contributed by atoms with van der Waals surface area (Å²) in [5.74, 6) is 0.552. The van der Waals surface area contributed by atoms with E-state index in [4.69, 9.17) is 0 Å². The molecule has 5 heteroatoms. The molecule has 1 saturated carbocycles. The first kappa shape index (κ1) is 14.1. The number of aromatic nitrogens is 2. The average molecular weight is 264 g/mol. The maximum Gasteiger partial charge on any atom is 0.269 e. The molecule has 2 rings (SSSR count). The van der Waals surface area contributed by atoms with Crippen molar-refractivity contribution < 1.29 is 4.79 Å². The van der Waals surface area contributed by atoms with Gasteiger partial charge >= 0.3 is 0 Å². The molecule has 1 amide bonds. The van der Waals surface area contributed by atoms with Gasteiger partial charge in [-0.05, 0) is 38.9 Å². The molecule has 0 radical (unpaired) electrons. The first-order chi connectivity index (χ1) is 9.08. The van der Waals surface area contributed by atoms with Crippen molar-refractivity contribution in [2.45, 2.75) is 31.7 Å². The molecule has 0 saturated heterocycles. The molecule has 1 aromatic heterocycles. The summed E-state index contributed by atoms with van der Waals surface area (Å²) in [5, 5.41) is 7.24. The molecule has 0 spiro atoms.